The predicted octanol–water partition coefficient (Wildman–Crippen LogP) is 4.41. The fraction of sp³-hybridized carbons (Fsp3) is 0.350. The Morgan fingerprint density at radius 2 is 2.12 bits per heavy atom. The second-order valence-corrected chi connectivity index (χ2v) is 7.32. The number of benzene rings is 1. The van der Waals surface area contributed by atoms with E-state index in [0.29, 0.717) is 19.0 Å². The standard InChI is InChI=1S/C20H23BrN4O/c1-2-6-15(9-10-26)12-22-14-25-19(16-7-4-3-5-8-16)18-11-17(21)13-23-20(18)24-25/h3-5,7-8,10-11,13,15,22H,2,6,9,12,14H2,1H3. The van der Waals surface area contributed by atoms with Gasteiger partial charge in [-0.15, -0.1) is 0 Å². The van der Waals surface area contributed by atoms with Crippen molar-refractivity contribution >= 4 is 33.2 Å². The number of halogens is 1. The molecule has 6 heteroatoms. The molecule has 0 radical (unpaired) electrons. The SMILES string of the molecule is CCCC(CC=O)CNCn1nc2ncc(Br)cc2c1-c1ccccc1. The molecule has 0 fully saturated rings. The Balaban J connectivity index is 1.87. The number of carbonyl (C=O) groups is 1. The molecule has 0 aliphatic rings. The average Bonchev–Trinajstić information content (AvgIpc) is 3.00. The summed E-state index contributed by atoms with van der Waals surface area (Å²) in [7, 11) is 0. The van der Waals surface area contributed by atoms with E-state index in [9.17, 15) is 4.79 Å². The minimum atomic E-state index is 0.370. The lowest BCUT2D eigenvalue weighted by Gasteiger charge is -2.15. The minimum absolute atomic E-state index is 0.370. The quantitative estimate of drug-likeness (QED) is 0.526. The van der Waals surface area contributed by atoms with Gasteiger partial charge < -0.3 is 4.79 Å². The van der Waals surface area contributed by atoms with E-state index < -0.39 is 0 Å². The number of nitrogens with zero attached hydrogens (tertiary/aromatic N) is 3. The van der Waals surface area contributed by atoms with Crippen molar-refractivity contribution in [3.05, 3.63) is 47.1 Å². The molecule has 1 unspecified atom stereocenters. The second kappa shape index (κ2) is 9.05. The van der Waals surface area contributed by atoms with Crippen LogP contribution in [0, 0.1) is 5.92 Å². The van der Waals surface area contributed by atoms with Crippen LogP contribution in [0.2, 0.25) is 0 Å². The number of carbonyl (C=O) groups excluding carboxylic acids is 1. The highest BCUT2D eigenvalue weighted by molar-refractivity contribution is 9.10. The van der Waals surface area contributed by atoms with E-state index in [1.165, 1.54) is 0 Å². The number of hydrogen-bond acceptors (Lipinski definition) is 4. The van der Waals surface area contributed by atoms with Crippen LogP contribution in [0.25, 0.3) is 22.3 Å². The lowest BCUT2D eigenvalue weighted by Crippen LogP contribution is -2.26. The van der Waals surface area contributed by atoms with Crippen LogP contribution in [0.3, 0.4) is 0 Å². The molecule has 3 aromatic rings. The Bertz CT molecular complexity index is 863. The summed E-state index contributed by atoms with van der Waals surface area (Å²) >= 11 is 3.51. The summed E-state index contributed by atoms with van der Waals surface area (Å²) in [5, 5.41) is 9.15. The summed E-state index contributed by atoms with van der Waals surface area (Å²) in [5.74, 6) is 0.370. The third-order valence-electron chi connectivity index (χ3n) is 4.43. The van der Waals surface area contributed by atoms with E-state index in [-0.39, 0.29) is 0 Å². The van der Waals surface area contributed by atoms with Crippen LogP contribution in [-0.4, -0.2) is 27.6 Å². The molecule has 0 aliphatic carbocycles. The number of aldehydes is 1. The largest absolute Gasteiger partial charge is 0.303 e. The van der Waals surface area contributed by atoms with Crippen LogP contribution in [0.4, 0.5) is 0 Å². The van der Waals surface area contributed by atoms with Crippen LogP contribution in [0.15, 0.2) is 47.1 Å². The number of aromatic nitrogens is 3. The van der Waals surface area contributed by atoms with Crippen molar-refractivity contribution in [1.29, 1.82) is 0 Å². The summed E-state index contributed by atoms with van der Waals surface area (Å²) in [6, 6.07) is 12.3. The molecule has 2 heterocycles. The monoisotopic (exact) mass is 414 g/mol. The summed E-state index contributed by atoms with van der Waals surface area (Å²) in [6.45, 7) is 3.53. The van der Waals surface area contributed by atoms with Gasteiger partial charge in [0, 0.05) is 34.6 Å². The van der Waals surface area contributed by atoms with Gasteiger partial charge in [-0.2, -0.15) is 5.10 Å². The van der Waals surface area contributed by atoms with Crippen molar-refractivity contribution in [1.82, 2.24) is 20.1 Å². The van der Waals surface area contributed by atoms with Crippen molar-refractivity contribution in [3.8, 4) is 11.3 Å². The lowest BCUT2D eigenvalue weighted by atomic mass is 10.0. The van der Waals surface area contributed by atoms with Crippen molar-refractivity contribution in [2.24, 2.45) is 5.92 Å². The average molecular weight is 415 g/mol. The van der Waals surface area contributed by atoms with Gasteiger partial charge in [-0.3, -0.25) is 5.32 Å². The molecule has 0 bridgehead atoms. The zero-order valence-electron chi connectivity index (χ0n) is 14.9. The van der Waals surface area contributed by atoms with Crippen LogP contribution >= 0.6 is 15.9 Å². The van der Waals surface area contributed by atoms with E-state index in [1.807, 2.05) is 22.9 Å². The van der Waals surface area contributed by atoms with Gasteiger partial charge in [0.05, 0.1) is 12.4 Å². The number of hydrogen-bond donors (Lipinski definition) is 1. The number of nitrogens with one attached hydrogen (secondary N) is 1. The number of pyridine rings is 1. The van der Waals surface area contributed by atoms with Gasteiger partial charge in [0.1, 0.15) is 6.29 Å². The highest BCUT2D eigenvalue weighted by Crippen LogP contribution is 2.29. The van der Waals surface area contributed by atoms with Gasteiger partial charge in [0.25, 0.3) is 0 Å². The van der Waals surface area contributed by atoms with Gasteiger partial charge in [0.2, 0.25) is 0 Å². The molecular weight excluding hydrogens is 392 g/mol. The molecule has 0 spiro atoms. The Kier molecular flexibility index (Phi) is 6.52. The van der Waals surface area contributed by atoms with Gasteiger partial charge in [0.15, 0.2) is 5.65 Å². The van der Waals surface area contributed by atoms with Gasteiger partial charge in [-0.25, -0.2) is 9.67 Å². The first kappa shape index (κ1) is 18.7. The van der Waals surface area contributed by atoms with E-state index in [1.54, 1.807) is 6.20 Å². The highest BCUT2D eigenvalue weighted by Gasteiger charge is 2.15. The maximum Gasteiger partial charge on any atom is 0.181 e. The Hall–Kier alpha value is -2.05. The molecular formula is C20H23BrN4O. The van der Waals surface area contributed by atoms with E-state index in [0.717, 1.165) is 52.4 Å². The van der Waals surface area contributed by atoms with Crippen molar-refractivity contribution < 1.29 is 4.79 Å². The van der Waals surface area contributed by atoms with E-state index >= 15 is 0 Å². The second-order valence-electron chi connectivity index (χ2n) is 6.41. The molecule has 0 aliphatic heterocycles. The first-order valence-electron chi connectivity index (χ1n) is 8.94. The normalized spacial score (nSPS) is 12.4. The third kappa shape index (κ3) is 4.37. The number of fused-ring (bicyclic) bond motifs is 1. The van der Waals surface area contributed by atoms with Crippen LogP contribution in [0.5, 0.6) is 0 Å². The van der Waals surface area contributed by atoms with Crippen molar-refractivity contribution in [2.45, 2.75) is 32.9 Å². The molecule has 0 saturated heterocycles. The summed E-state index contributed by atoms with van der Waals surface area (Å²) < 4.78 is 2.90. The molecule has 1 atom stereocenters. The van der Waals surface area contributed by atoms with E-state index in [2.05, 4.69) is 56.5 Å². The Morgan fingerprint density at radius 3 is 2.85 bits per heavy atom. The molecule has 2 aromatic heterocycles. The predicted molar refractivity (Wildman–Crippen MR) is 108 cm³/mol. The first-order valence-corrected chi connectivity index (χ1v) is 9.74. The van der Waals surface area contributed by atoms with Gasteiger partial charge in [-0.05, 0) is 34.3 Å². The van der Waals surface area contributed by atoms with Crippen LogP contribution < -0.4 is 5.32 Å². The highest BCUT2D eigenvalue weighted by atomic mass is 79.9. The fourth-order valence-electron chi connectivity index (χ4n) is 3.23. The molecule has 1 N–H and O–H groups in total. The smallest absolute Gasteiger partial charge is 0.181 e. The molecule has 0 amide bonds. The van der Waals surface area contributed by atoms with Crippen LogP contribution in [-0.2, 0) is 11.5 Å². The third-order valence-corrected chi connectivity index (χ3v) is 4.86. The summed E-state index contributed by atoms with van der Waals surface area (Å²) in [4.78, 5) is 15.3. The summed E-state index contributed by atoms with van der Waals surface area (Å²) in [6.07, 6.45) is 5.51. The zero-order chi connectivity index (χ0) is 18.4. The summed E-state index contributed by atoms with van der Waals surface area (Å²) in [5.41, 5.74) is 2.88. The molecule has 5 nitrogen and oxygen atoms in total. The zero-order valence-corrected chi connectivity index (χ0v) is 16.4. The molecule has 136 valence electrons. The topological polar surface area (TPSA) is 59.8 Å². The molecule has 3 rings (SSSR count). The van der Waals surface area contributed by atoms with E-state index in [4.69, 9.17) is 0 Å². The lowest BCUT2D eigenvalue weighted by molar-refractivity contribution is -0.108. The molecule has 0 saturated carbocycles. The molecule has 26 heavy (non-hydrogen) atoms. The fourth-order valence-corrected chi connectivity index (χ4v) is 3.56. The maximum atomic E-state index is 10.9. The van der Waals surface area contributed by atoms with Crippen LogP contribution in [0.1, 0.15) is 26.2 Å². The Labute approximate surface area is 161 Å². The molecule has 1 aromatic carbocycles. The van der Waals surface area contributed by atoms with Gasteiger partial charge >= 0.3 is 0 Å². The number of rotatable bonds is 9. The maximum absolute atomic E-state index is 10.9. The minimum Gasteiger partial charge on any atom is -0.303 e. The van der Waals surface area contributed by atoms with Crippen molar-refractivity contribution in [3.63, 3.8) is 0 Å². The van der Waals surface area contributed by atoms with Crippen molar-refractivity contribution in [2.75, 3.05) is 6.54 Å². The Morgan fingerprint density at radius 1 is 1.31 bits per heavy atom. The van der Waals surface area contributed by atoms with Gasteiger partial charge in [-0.1, -0.05) is 43.7 Å². The first-order chi connectivity index (χ1) is 12.7.